The molecule has 1 aromatic carbocycles. The van der Waals surface area contributed by atoms with Crippen LogP contribution in [0.2, 0.25) is 0 Å². The first kappa shape index (κ1) is 18.2. The lowest BCUT2D eigenvalue weighted by atomic mass is 10.0. The van der Waals surface area contributed by atoms with E-state index in [0.29, 0.717) is 62.0 Å². The summed E-state index contributed by atoms with van der Waals surface area (Å²) < 4.78 is 20.4. The fraction of sp³-hybridized carbons (Fsp3) is 0.533. The number of carbonyl (C=O) groups excluding carboxylic acids is 1. The maximum absolute atomic E-state index is 11.8. The third-order valence-corrected chi connectivity index (χ3v) is 3.01. The number of carbonyl (C=O) groups is 1. The van der Waals surface area contributed by atoms with E-state index in [1.807, 2.05) is 0 Å². The van der Waals surface area contributed by atoms with Gasteiger partial charge in [0.2, 0.25) is 0 Å². The number of hydrogen-bond acceptors (Lipinski definition) is 7. The Balaban J connectivity index is 2.46. The first-order valence-corrected chi connectivity index (χ1v) is 7.00. The molecule has 0 bridgehead atoms. The molecule has 0 atom stereocenters. The topological polar surface area (TPSA) is 106 Å². The molecular formula is C15H24N2O5. The van der Waals surface area contributed by atoms with Gasteiger partial charge in [0.25, 0.3) is 0 Å². The van der Waals surface area contributed by atoms with Gasteiger partial charge in [-0.25, -0.2) is 4.79 Å². The van der Waals surface area contributed by atoms with E-state index >= 15 is 0 Å². The van der Waals surface area contributed by atoms with Gasteiger partial charge in [0.15, 0.2) is 0 Å². The molecule has 22 heavy (non-hydrogen) atoms. The molecule has 7 nitrogen and oxygen atoms in total. The van der Waals surface area contributed by atoms with E-state index in [0.717, 1.165) is 0 Å². The van der Waals surface area contributed by atoms with Gasteiger partial charge in [-0.15, -0.1) is 0 Å². The van der Waals surface area contributed by atoms with Crippen LogP contribution in [0, 0.1) is 0 Å². The van der Waals surface area contributed by atoms with Crippen LogP contribution in [-0.4, -0.2) is 53.2 Å². The van der Waals surface area contributed by atoms with Gasteiger partial charge < -0.3 is 30.4 Å². The van der Waals surface area contributed by atoms with Crippen molar-refractivity contribution in [2.45, 2.75) is 6.42 Å². The Morgan fingerprint density at radius 1 is 1.00 bits per heavy atom. The second-order valence-corrected chi connectivity index (χ2v) is 4.60. The minimum absolute atomic E-state index is 0.375. The van der Waals surface area contributed by atoms with Gasteiger partial charge in [-0.1, -0.05) is 0 Å². The Labute approximate surface area is 130 Å². The Hall–Kier alpha value is -1.83. The van der Waals surface area contributed by atoms with Crippen LogP contribution >= 0.6 is 0 Å². The molecule has 0 aromatic heterocycles. The van der Waals surface area contributed by atoms with Crippen molar-refractivity contribution in [3.8, 4) is 0 Å². The molecule has 1 rings (SSSR count). The first-order chi connectivity index (χ1) is 10.6. The van der Waals surface area contributed by atoms with Crippen LogP contribution in [-0.2, 0) is 25.4 Å². The number of rotatable bonds is 10. The smallest absolute Gasteiger partial charge is 0.338 e. The standard InChI is InChI=1S/C15H24N2O5/c1-19-5-6-22-8-7-21-4-3-12-13(15(18)20-2)9-11(16)10-14(12)17/h9-10H,3-8,16-17H2,1-2H3. The summed E-state index contributed by atoms with van der Waals surface area (Å²) >= 11 is 0. The van der Waals surface area contributed by atoms with Gasteiger partial charge in [-0.2, -0.15) is 0 Å². The van der Waals surface area contributed by atoms with E-state index in [1.165, 1.54) is 7.11 Å². The van der Waals surface area contributed by atoms with Crippen LogP contribution in [0.3, 0.4) is 0 Å². The van der Waals surface area contributed by atoms with E-state index < -0.39 is 5.97 Å². The van der Waals surface area contributed by atoms with Crippen LogP contribution in [0.25, 0.3) is 0 Å². The maximum atomic E-state index is 11.8. The summed E-state index contributed by atoms with van der Waals surface area (Å²) in [5.41, 5.74) is 13.6. The first-order valence-electron chi connectivity index (χ1n) is 7.00. The third kappa shape index (κ3) is 5.88. The summed E-state index contributed by atoms with van der Waals surface area (Å²) in [7, 11) is 2.94. The Morgan fingerprint density at radius 3 is 2.27 bits per heavy atom. The molecule has 0 aliphatic carbocycles. The van der Waals surface area contributed by atoms with Crippen molar-refractivity contribution in [1.29, 1.82) is 0 Å². The normalized spacial score (nSPS) is 10.6. The summed E-state index contributed by atoms with van der Waals surface area (Å²) in [6.07, 6.45) is 0.495. The lowest BCUT2D eigenvalue weighted by Gasteiger charge is -2.12. The van der Waals surface area contributed by atoms with Crippen molar-refractivity contribution >= 4 is 17.3 Å². The zero-order valence-electron chi connectivity index (χ0n) is 13.1. The van der Waals surface area contributed by atoms with Crippen molar-refractivity contribution in [1.82, 2.24) is 0 Å². The van der Waals surface area contributed by atoms with Crippen LogP contribution in [0.15, 0.2) is 12.1 Å². The second kappa shape index (κ2) is 9.99. The summed E-state index contributed by atoms with van der Waals surface area (Å²) in [5, 5.41) is 0. The molecule has 0 aliphatic rings. The predicted octanol–water partition coefficient (Wildman–Crippen LogP) is 0.860. The summed E-state index contributed by atoms with van der Waals surface area (Å²) in [5.74, 6) is -0.461. The van der Waals surface area contributed by atoms with E-state index in [9.17, 15) is 4.79 Å². The number of esters is 1. The molecule has 0 heterocycles. The molecule has 0 saturated heterocycles. The van der Waals surface area contributed by atoms with Crippen molar-refractivity contribution in [3.05, 3.63) is 23.3 Å². The average Bonchev–Trinajstić information content (AvgIpc) is 2.50. The third-order valence-electron chi connectivity index (χ3n) is 3.01. The number of anilines is 2. The molecule has 0 unspecified atom stereocenters. The molecule has 7 heteroatoms. The van der Waals surface area contributed by atoms with Gasteiger partial charge in [0.05, 0.1) is 45.7 Å². The largest absolute Gasteiger partial charge is 0.465 e. The van der Waals surface area contributed by atoms with Crippen molar-refractivity contribution in [2.75, 3.05) is 58.7 Å². The number of nitrogen functional groups attached to an aromatic ring is 2. The Bertz CT molecular complexity index is 479. The zero-order valence-corrected chi connectivity index (χ0v) is 13.1. The molecule has 0 spiro atoms. The Morgan fingerprint density at radius 2 is 1.64 bits per heavy atom. The average molecular weight is 312 g/mol. The van der Waals surface area contributed by atoms with Gasteiger partial charge in [-0.05, 0) is 24.1 Å². The lowest BCUT2D eigenvalue weighted by molar-refractivity contribution is 0.0255. The van der Waals surface area contributed by atoms with Crippen molar-refractivity contribution < 1.29 is 23.7 Å². The second-order valence-electron chi connectivity index (χ2n) is 4.60. The van der Waals surface area contributed by atoms with Crippen molar-refractivity contribution in [3.63, 3.8) is 0 Å². The number of hydrogen-bond donors (Lipinski definition) is 2. The Kier molecular flexibility index (Phi) is 8.27. The van der Waals surface area contributed by atoms with Crippen LogP contribution in [0.5, 0.6) is 0 Å². The molecule has 0 radical (unpaired) electrons. The monoisotopic (exact) mass is 312 g/mol. The number of nitrogens with two attached hydrogens (primary N) is 2. The highest BCUT2D eigenvalue weighted by Gasteiger charge is 2.15. The molecule has 4 N–H and O–H groups in total. The van der Waals surface area contributed by atoms with Crippen molar-refractivity contribution in [2.24, 2.45) is 0 Å². The van der Waals surface area contributed by atoms with Gasteiger partial charge in [0, 0.05) is 18.5 Å². The number of benzene rings is 1. The highest BCUT2D eigenvalue weighted by molar-refractivity contribution is 5.94. The maximum Gasteiger partial charge on any atom is 0.338 e. The van der Waals surface area contributed by atoms with Gasteiger partial charge in [-0.3, -0.25) is 0 Å². The molecule has 1 aromatic rings. The SMILES string of the molecule is COCCOCCOCCc1c(N)cc(N)cc1C(=O)OC. The minimum Gasteiger partial charge on any atom is -0.465 e. The van der Waals surface area contributed by atoms with E-state index in [2.05, 4.69) is 0 Å². The fourth-order valence-corrected chi connectivity index (χ4v) is 1.93. The van der Waals surface area contributed by atoms with E-state index in [1.54, 1.807) is 19.2 Å². The molecule has 124 valence electrons. The van der Waals surface area contributed by atoms with Crippen LogP contribution in [0.4, 0.5) is 11.4 Å². The predicted molar refractivity (Wildman–Crippen MR) is 83.8 cm³/mol. The van der Waals surface area contributed by atoms with E-state index in [4.69, 9.17) is 30.4 Å². The van der Waals surface area contributed by atoms with Crippen LogP contribution in [0.1, 0.15) is 15.9 Å². The summed E-state index contributed by atoms with van der Waals surface area (Å²) in [4.78, 5) is 11.8. The summed E-state index contributed by atoms with van der Waals surface area (Å²) in [6.45, 7) is 2.48. The minimum atomic E-state index is -0.461. The molecule has 0 aliphatic heterocycles. The highest BCUT2D eigenvalue weighted by atomic mass is 16.5. The summed E-state index contributed by atoms with van der Waals surface area (Å²) in [6, 6.07) is 3.18. The van der Waals surface area contributed by atoms with Crippen LogP contribution < -0.4 is 11.5 Å². The van der Waals surface area contributed by atoms with Gasteiger partial charge >= 0.3 is 5.97 Å². The molecular weight excluding hydrogens is 288 g/mol. The number of ether oxygens (including phenoxy) is 4. The highest BCUT2D eigenvalue weighted by Crippen LogP contribution is 2.23. The van der Waals surface area contributed by atoms with E-state index in [-0.39, 0.29) is 0 Å². The zero-order chi connectivity index (χ0) is 16.4. The molecule has 0 amide bonds. The number of methoxy groups -OCH3 is 2. The fourth-order valence-electron chi connectivity index (χ4n) is 1.93. The lowest BCUT2D eigenvalue weighted by Crippen LogP contribution is -2.13. The molecule has 0 saturated carbocycles. The van der Waals surface area contributed by atoms with Gasteiger partial charge in [0.1, 0.15) is 0 Å². The quantitative estimate of drug-likeness (QED) is 0.375. The molecule has 0 fully saturated rings.